The second kappa shape index (κ2) is 7.57. The maximum atomic E-state index is 14.6. The zero-order valence-corrected chi connectivity index (χ0v) is 15.1. The predicted molar refractivity (Wildman–Crippen MR) is 98.1 cm³/mol. The van der Waals surface area contributed by atoms with Gasteiger partial charge in [-0.15, -0.1) is 0 Å². The topological polar surface area (TPSA) is 73.8 Å². The third kappa shape index (κ3) is 3.83. The summed E-state index contributed by atoms with van der Waals surface area (Å²) < 4.78 is 54.5. The summed E-state index contributed by atoms with van der Waals surface area (Å²) >= 11 is 0. The minimum absolute atomic E-state index is 0.129. The van der Waals surface area contributed by atoms with Crippen LogP contribution in [0.25, 0.3) is 22.2 Å². The average molecular weight is 394 g/mol. The number of anilines is 1. The lowest BCUT2D eigenvalue weighted by atomic mass is 10.1. The standard InChI is InChI=1S/C19H18F4N4O/c1-2-3-4-6-27-7-5-11-8-13(15(20)9-12(11)18(27)28)17-25-10-14(16(24)26-17)19(21,22)23/h5,7-10H,2-4,6H2,1H3,(H2,24,25,26). The lowest BCUT2D eigenvalue weighted by Crippen LogP contribution is -2.19. The second-order valence-corrected chi connectivity index (χ2v) is 6.43. The molecule has 0 aliphatic carbocycles. The molecule has 0 saturated carbocycles. The van der Waals surface area contributed by atoms with Gasteiger partial charge in [0.25, 0.3) is 5.56 Å². The lowest BCUT2D eigenvalue weighted by Gasteiger charge is -2.11. The molecule has 0 saturated heterocycles. The van der Waals surface area contributed by atoms with Gasteiger partial charge in [-0.2, -0.15) is 13.2 Å². The zero-order valence-electron chi connectivity index (χ0n) is 15.1. The molecule has 2 N–H and O–H groups in total. The van der Waals surface area contributed by atoms with Gasteiger partial charge in [-0.1, -0.05) is 19.8 Å². The average Bonchev–Trinajstić information content (AvgIpc) is 2.62. The van der Waals surface area contributed by atoms with E-state index in [1.807, 2.05) is 0 Å². The third-order valence-electron chi connectivity index (χ3n) is 4.43. The molecule has 0 aliphatic heterocycles. The number of alkyl halides is 3. The van der Waals surface area contributed by atoms with Gasteiger partial charge in [0.05, 0.1) is 10.9 Å². The molecule has 3 aromatic rings. The highest BCUT2D eigenvalue weighted by Gasteiger charge is 2.34. The normalized spacial score (nSPS) is 11.9. The quantitative estimate of drug-likeness (QED) is 0.515. The number of pyridine rings is 1. The maximum absolute atomic E-state index is 14.6. The van der Waals surface area contributed by atoms with Gasteiger partial charge < -0.3 is 10.3 Å². The van der Waals surface area contributed by atoms with Crippen LogP contribution < -0.4 is 11.3 Å². The molecule has 0 spiro atoms. The fraction of sp³-hybridized carbons (Fsp3) is 0.316. The maximum Gasteiger partial charge on any atom is 0.421 e. The Morgan fingerprint density at radius 1 is 1.21 bits per heavy atom. The summed E-state index contributed by atoms with van der Waals surface area (Å²) in [6.07, 6.45) is 0.257. The number of unbranched alkanes of at least 4 members (excludes halogenated alkanes) is 2. The molecule has 28 heavy (non-hydrogen) atoms. The first kappa shape index (κ1) is 19.8. The van der Waals surface area contributed by atoms with Crippen LogP contribution in [0.2, 0.25) is 0 Å². The van der Waals surface area contributed by atoms with Crippen LogP contribution in [0.1, 0.15) is 31.7 Å². The van der Waals surface area contributed by atoms with E-state index in [0.29, 0.717) is 18.1 Å². The fourth-order valence-corrected chi connectivity index (χ4v) is 2.93. The summed E-state index contributed by atoms with van der Waals surface area (Å²) in [5, 5.41) is 0.621. The van der Waals surface area contributed by atoms with Gasteiger partial charge in [0, 0.05) is 18.9 Å². The van der Waals surface area contributed by atoms with Gasteiger partial charge in [0.2, 0.25) is 0 Å². The second-order valence-electron chi connectivity index (χ2n) is 6.43. The molecule has 0 bridgehead atoms. The number of hydrogen-bond donors (Lipinski definition) is 1. The Hall–Kier alpha value is -2.97. The van der Waals surface area contributed by atoms with Crippen LogP contribution in [0.15, 0.2) is 35.4 Å². The van der Waals surface area contributed by atoms with E-state index in [1.165, 1.54) is 10.6 Å². The summed E-state index contributed by atoms with van der Waals surface area (Å²) in [6, 6.07) is 4.05. The van der Waals surface area contributed by atoms with Crippen LogP contribution in [0.5, 0.6) is 0 Å². The molecular weight excluding hydrogens is 376 g/mol. The van der Waals surface area contributed by atoms with Crippen molar-refractivity contribution in [3.63, 3.8) is 0 Å². The van der Waals surface area contributed by atoms with Gasteiger partial charge in [0.1, 0.15) is 17.2 Å². The molecule has 2 heterocycles. The Kier molecular flexibility index (Phi) is 5.35. The van der Waals surface area contributed by atoms with Crippen molar-refractivity contribution in [1.29, 1.82) is 0 Å². The van der Waals surface area contributed by atoms with E-state index in [4.69, 9.17) is 5.73 Å². The van der Waals surface area contributed by atoms with Crippen molar-refractivity contribution in [1.82, 2.24) is 14.5 Å². The monoisotopic (exact) mass is 394 g/mol. The van der Waals surface area contributed by atoms with E-state index < -0.39 is 23.4 Å². The van der Waals surface area contributed by atoms with Gasteiger partial charge >= 0.3 is 6.18 Å². The molecule has 0 unspecified atom stereocenters. The molecule has 0 atom stereocenters. The number of nitrogens with zero attached hydrogens (tertiary/aromatic N) is 3. The number of fused-ring (bicyclic) bond motifs is 1. The van der Waals surface area contributed by atoms with E-state index >= 15 is 0 Å². The van der Waals surface area contributed by atoms with Crippen LogP contribution in [-0.2, 0) is 12.7 Å². The van der Waals surface area contributed by atoms with Crippen molar-refractivity contribution in [2.45, 2.75) is 38.9 Å². The smallest absolute Gasteiger partial charge is 0.383 e. The first-order valence-corrected chi connectivity index (χ1v) is 8.75. The van der Waals surface area contributed by atoms with Crippen molar-refractivity contribution in [2.24, 2.45) is 0 Å². The van der Waals surface area contributed by atoms with Gasteiger partial charge in [-0.3, -0.25) is 4.79 Å². The van der Waals surface area contributed by atoms with Crippen LogP contribution in [0.3, 0.4) is 0 Å². The minimum atomic E-state index is -4.70. The first-order chi connectivity index (χ1) is 13.2. The number of aryl methyl sites for hydroxylation is 1. The van der Waals surface area contributed by atoms with Crippen molar-refractivity contribution in [2.75, 3.05) is 5.73 Å². The first-order valence-electron chi connectivity index (χ1n) is 8.75. The minimum Gasteiger partial charge on any atom is -0.383 e. The summed E-state index contributed by atoms with van der Waals surface area (Å²) in [5.41, 5.74) is 3.72. The van der Waals surface area contributed by atoms with E-state index in [2.05, 4.69) is 16.9 Å². The third-order valence-corrected chi connectivity index (χ3v) is 4.43. The highest BCUT2D eigenvalue weighted by atomic mass is 19.4. The molecule has 5 nitrogen and oxygen atoms in total. The number of nitrogen functional groups attached to an aromatic ring is 1. The lowest BCUT2D eigenvalue weighted by molar-refractivity contribution is -0.137. The van der Waals surface area contributed by atoms with E-state index in [-0.39, 0.29) is 22.3 Å². The number of halogens is 4. The molecule has 3 rings (SSSR count). The highest BCUT2D eigenvalue weighted by molar-refractivity contribution is 5.86. The molecule has 1 aromatic carbocycles. The molecule has 2 aromatic heterocycles. The van der Waals surface area contributed by atoms with Crippen molar-refractivity contribution in [3.8, 4) is 11.4 Å². The van der Waals surface area contributed by atoms with Crippen LogP contribution in [-0.4, -0.2) is 14.5 Å². The largest absolute Gasteiger partial charge is 0.421 e. The SMILES string of the molecule is CCCCCn1ccc2cc(-c3ncc(C(F)(F)F)c(N)n3)c(F)cc2c1=O. The Labute approximate surface area is 157 Å². The molecule has 0 amide bonds. The summed E-state index contributed by atoms with van der Waals surface area (Å²) in [5.74, 6) is -1.88. The number of hydrogen-bond acceptors (Lipinski definition) is 4. The van der Waals surface area contributed by atoms with Gasteiger partial charge in [0.15, 0.2) is 5.82 Å². The Morgan fingerprint density at radius 2 is 1.96 bits per heavy atom. The van der Waals surface area contributed by atoms with Gasteiger partial charge in [-0.05, 0) is 30.0 Å². The van der Waals surface area contributed by atoms with Crippen LogP contribution in [0.4, 0.5) is 23.4 Å². The zero-order chi connectivity index (χ0) is 20.5. The Morgan fingerprint density at radius 3 is 2.61 bits per heavy atom. The van der Waals surface area contributed by atoms with Crippen molar-refractivity contribution >= 4 is 16.6 Å². The molecule has 0 aliphatic rings. The summed E-state index contributed by atoms with van der Waals surface area (Å²) in [4.78, 5) is 19.7. The number of aromatic nitrogens is 3. The van der Waals surface area contributed by atoms with E-state index in [0.717, 1.165) is 25.3 Å². The van der Waals surface area contributed by atoms with Crippen molar-refractivity contribution in [3.05, 3.63) is 52.3 Å². The molecule has 0 radical (unpaired) electrons. The van der Waals surface area contributed by atoms with Gasteiger partial charge in [-0.25, -0.2) is 14.4 Å². The number of benzene rings is 1. The summed E-state index contributed by atoms with van der Waals surface area (Å²) in [6.45, 7) is 2.58. The summed E-state index contributed by atoms with van der Waals surface area (Å²) in [7, 11) is 0. The molecule has 0 fully saturated rings. The Balaban J connectivity index is 2.04. The van der Waals surface area contributed by atoms with Crippen LogP contribution >= 0.6 is 0 Å². The Bertz CT molecular complexity index is 1080. The van der Waals surface area contributed by atoms with E-state index in [9.17, 15) is 22.4 Å². The number of rotatable bonds is 5. The van der Waals surface area contributed by atoms with Crippen molar-refractivity contribution < 1.29 is 17.6 Å². The fourth-order valence-electron chi connectivity index (χ4n) is 2.93. The molecule has 9 heteroatoms. The highest BCUT2D eigenvalue weighted by Crippen LogP contribution is 2.33. The van der Waals surface area contributed by atoms with E-state index in [1.54, 1.807) is 12.3 Å². The predicted octanol–water partition coefficient (Wildman–Crippen LogP) is 4.39. The number of nitrogens with two attached hydrogens (primary N) is 1. The molecular formula is C19H18F4N4O. The molecule has 148 valence electrons. The van der Waals surface area contributed by atoms with Crippen LogP contribution in [0, 0.1) is 5.82 Å².